The summed E-state index contributed by atoms with van der Waals surface area (Å²) in [7, 11) is 0. The molecule has 0 nitrogen and oxygen atoms in total. The van der Waals surface area contributed by atoms with E-state index in [4.69, 9.17) is 12.8 Å². The van der Waals surface area contributed by atoms with Gasteiger partial charge in [-0.1, -0.05) is 121 Å². The first-order valence-electron chi connectivity index (χ1n) is 12.7. The highest BCUT2D eigenvalue weighted by molar-refractivity contribution is 6.15. The Kier molecular flexibility index (Phi) is 5.01. The molecule has 0 atom stereocenters. The zero-order valence-corrected chi connectivity index (χ0v) is 20.7. The zero-order valence-electron chi connectivity index (χ0n) is 20.7. The second kappa shape index (κ2) is 8.67. The summed E-state index contributed by atoms with van der Waals surface area (Å²) >= 11 is 0. The van der Waals surface area contributed by atoms with E-state index in [0.717, 1.165) is 76.5 Å². The fraction of sp³-hybridized carbons (Fsp3) is 0. The zero-order chi connectivity index (χ0) is 25.6. The Labute approximate surface area is 222 Å². The third kappa shape index (κ3) is 3.22. The maximum Gasteiger partial charge on any atom is 0.0405 e. The van der Waals surface area contributed by atoms with Gasteiger partial charge in [-0.15, -0.1) is 12.8 Å². The molecule has 0 radical (unpaired) electrons. The summed E-state index contributed by atoms with van der Waals surface area (Å²) in [5, 5.41) is 8.97. The summed E-state index contributed by atoms with van der Waals surface area (Å²) in [6, 6.07) is 42.6. The molecule has 0 aliphatic carbocycles. The van der Waals surface area contributed by atoms with Gasteiger partial charge in [0.05, 0.1) is 0 Å². The maximum atomic E-state index is 6.17. The highest BCUT2D eigenvalue weighted by Gasteiger charge is 2.17. The van der Waals surface area contributed by atoms with Crippen molar-refractivity contribution in [2.45, 2.75) is 0 Å². The van der Waals surface area contributed by atoms with Crippen molar-refractivity contribution in [3.05, 3.63) is 132 Å². The molecule has 0 unspecified atom stereocenters. The first-order valence-corrected chi connectivity index (χ1v) is 12.7. The average molecular weight is 479 g/mol. The molecular weight excluding hydrogens is 456 g/mol. The third-order valence-corrected chi connectivity index (χ3v) is 7.57. The van der Waals surface area contributed by atoms with Gasteiger partial charge in [-0.25, -0.2) is 0 Å². The molecule has 38 heavy (non-hydrogen) atoms. The van der Waals surface area contributed by atoms with Crippen molar-refractivity contribution in [3.8, 4) is 46.9 Å². The lowest BCUT2D eigenvalue weighted by Gasteiger charge is -2.17. The lowest BCUT2D eigenvalue weighted by molar-refractivity contribution is 1.62. The molecule has 0 fully saturated rings. The summed E-state index contributed by atoms with van der Waals surface area (Å²) in [6.07, 6.45) is 12.3. The van der Waals surface area contributed by atoms with E-state index >= 15 is 0 Å². The smallest absolute Gasteiger partial charge is 0.0405 e. The summed E-state index contributed by atoms with van der Waals surface area (Å²) < 4.78 is 0. The Bertz CT molecular complexity index is 1990. The molecule has 0 bridgehead atoms. The molecule has 0 heterocycles. The molecule has 0 N–H and O–H groups in total. The van der Waals surface area contributed by atoms with Gasteiger partial charge in [0.1, 0.15) is 0 Å². The van der Waals surface area contributed by atoms with Crippen molar-refractivity contribution in [2.75, 3.05) is 0 Å². The lowest BCUT2D eigenvalue weighted by Crippen LogP contribution is -1.93. The van der Waals surface area contributed by atoms with Gasteiger partial charge >= 0.3 is 0 Å². The van der Waals surface area contributed by atoms with E-state index in [0.29, 0.717) is 0 Å². The predicted octanol–water partition coefficient (Wildman–Crippen LogP) is 9.60. The van der Waals surface area contributed by atoms with Crippen molar-refractivity contribution in [3.63, 3.8) is 0 Å². The molecule has 0 saturated carbocycles. The summed E-state index contributed by atoms with van der Waals surface area (Å²) in [5.41, 5.74) is 6.36. The number of benzene rings is 7. The predicted molar refractivity (Wildman–Crippen MR) is 163 cm³/mol. The van der Waals surface area contributed by atoms with Crippen LogP contribution in [0.3, 0.4) is 0 Å². The second-order valence-corrected chi connectivity index (χ2v) is 9.59. The molecule has 7 aromatic carbocycles. The number of hydrogen-bond donors (Lipinski definition) is 0. The number of fused-ring (bicyclic) bond motifs is 4. The van der Waals surface area contributed by atoms with Gasteiger partial charge < -0.3 is 0 Å². The average Bonchev–Trinajstić information content (AvgIpc) is 2.98. The highest BCUT2D eigenvalue weighted by Crippen LogP contribution is 2.42. The van der Waals surface area contributed by atoms with Crippen LogP contribution >= 0.6 is 0 Å². The topological polar surface area (TPSA) is 0 Å². The molecule has 0 heteroatoms. The minimum absolute atomic E-state index is 0.928. The lowest BCUT2D eigenvalue weighted by atomic mass is 9.85. The SMILES string of the molecule is C#Cc1c2ccccc2cc2cccc(-c3ccccc3-c3cccc4cc5ccccc5c(C#C)c34)c12. The highest BCUT2D eigenvalue weighted by atomic mass is 14.2. The van der Waals surface area contributed by atoms with E-state index in [-0.39, 0.29) is 0 Å². The van der Waals surface area contributed by atoms with Crippen LogP contribution in [0.25, 0.3) is 65.3 Å². The quantitative estimate of drug-likeness (QED) is 0.171. The van der Waals surface area contributed by atoms with Crippen molar-refractivity contribution in [1.82, 2.24) is 0 Å². The molecule has 0 aliphatic rings. The Morgan fingerprint density at radius 3 is 1.18 bits per heavy atom. The first kappa shape index (κ1) is 21.9. The van der Waals surface area contributed by atoms with E-state index in [9.17, 15) is 0 Å². The van der Waals surface area contributed by atoms with E-state index in [1.54, 1.807) is 0 Å². The van der Waals surface area contributed by atoms with Crippen molar-refractivity contribution in [2.24, 2.45) is 0 Å². The Morgan fingerprint density at radius 1 is 0.368 bits per heavy atom. The fourth-order valence-corrected chi connectivity index (χ4v) is 5.95. The molecule has 0 saturated heterocycles. The van der Waals surface area contributed by atoms with Crippen LogP contribution in [0, 0.1) is 24.7 Å². The Morgan fingerprint density at radius 2 is 0.737 bits per heavy atom. The van der Waals surface area contributed by atoms with Crippen molar-refractivity contribution >= 4 is 43.1 Å². The summed E-state index contributed by atoms with van der Waals surface area (Å²) in [5.74, 6) is 6.05. The summed E-state index contributed by atoms with van der Waals surface area (Å²) in [6.45, 7) is 0. The molecule has 0 aliphatic heterocycles. The Hall–Kier alpha value is -5.30. The normalized spacial score (nSPS) is 11.1. The summed E-state index contributed by atoms with van der Waals surface area (Å²) in [4.78, 5) is 0. The monoisotopic (exact) mass is 478 g/mol. The number of terminal acetylenes is 2. The van der Waals surface area contributed by atoms with E-state index in [1.807, 2.05) is 12.1 Å². The van der Waals surface area contributed by atoms with Gasteiger partial charge in [-0.05, 0) is 66.7 Å². The molecule has 0 spiro atoms. The van der Waals surface area contributed by atoms with E-state index < -0.39 is 0 Å². The number of rotatable bonds is 2. The van der Waals surface area contributed by atoms with Crippen LogP contribution in [-0.2, 0) is 0 Å². The first-order chi connectivity index (χ1) is 18.8. The molecule has 174 valence electrons. The maximum absolute atomic E-state index is 6.17. The molecule has 0 aromatic heterocycles. The molecule has 7 rings (SSSR count). The largest absolute Gasteiger partial charge is 0.115 e. The second-order valence-electron chi connectivity index (χ2n) is 9.59. The van der Waals surface area contributed by atoms with Gasteiger partial charge in [-0.3, -0.25) is 0 Å². The van der Waals surface area contributed by atoms with Crippen LogP contribution in [0.5, 0.6) is 0 Å². The molecule has 7 aromatic rings. The minimum atomic E-state index is 0.928. The van der Waals surface area contributed by atoms with Crippen LogP contribution in [0.2, 0.25) is 0 Å². The van der Waals surface area contributed by atoms with Crippen LogP contribution in [0.15, 0.2) is 121 Å². The van der Waals surface area contributed by atoms with Crippen molar-refractivity contribution < 1.29 is 0 Å². The van der Waals surface area contributed by atoms with Crippen molar-refractivity contribution in [1.29, 1.82) is 0 Å². The van der Waals surface area contributed by atoms with Gasteiger partial charge in [0, 0.05) is 21.9 Å². The Balaban J connectivity index is 1.60. The molecule has 0 amide bonds. The van der Waals surface area contributed by atoms with Gasteiger partial charge in [0.2, 0.25) is 0 Å². The van der Waals surface area contributed by atoms with Gasteiger partial charge in [-0.2, -0.15) is 0 Å². The molecular formula is C38H22. The van der Waals surface area contributed by atoms with Crippen LogP contribution in [-0.4, -0.2) is 0 Å². The third-order valence-electron chi connectivity index (χ3n) is 7.57. The van der Waals surface area contributed by atoms with Crippen LogP contribution < -0.4 is 0 Å². The number of hydrogen-bond acceptors (Lipinski definition) is 0. The standard InChI is InChI=1S/C38H22/c1-3-29-31-17-7-5-13-25(31)23-27-15-11-21-35(37(27)29)33-19-9-10-20-34(33)36-22-12-16-28-24-26-14-6-8-18-32(26)30(4-2)38(28)36/h1-2,5-24H. The van der Waals surface area contributed by atoms with Gasteiger partial charge in [0.15, 0.2) is 0 Å². The van der Waals surface area contributed by atoms with Crippen LogP contribution in [0.4, 0.5) is 0 Å². The van der Waals surface area contributed by atoms with Crippen LogP contribution in [0.1, 0.15) is 11.1 Å². The van der Waals surface area contributed by atoms with E-state index in [2.05, 4.69) is 121 Å². The van der Waals surface area contributed by atoms with Gasteiger partial charge in [0.25, 0.3) is 0 Å². The minimum Gasteiger partial charge on any atom is -0.115 e. The fourth-order valence-electron chi connectivity index (χ4n) is 5.95. The van der Waals surface area contributed by atoms with E-state index in [1.165, 1.54) is 0 Å².